The molecule has 2 aliphatic heterocycles. The lowest BCUT2D eigenvalue weighted by Gasteiger charge is -2.34. The Labute approximate surface area is 116 Å². The number of nitrogens with zero attached hydrogens (tertiary/aromatic N) is 1. The van der Waals surface area contributed by atoms with Crippen LogP contribution in [0.3, 0.4) is 0 Å². The first-order chi connectivity index (χ1) is 9.17. The largest absolute Gasteiger partial charge is 0.393 e. The fourth-order valence-electron chi connectivity index (χ4n) is 3.79. The van der Waals surface area contributed by atoms with E-state index in [1.54, 1.807) is 0 Å². The van der Waals surface area contributed by atoms with E-state index in [4.69, 9.17) is 9.47 Å². The zero-order valence-electron chi connectivity index (χ0n) is 12.0. The first kappa shape index (κ1) is 13.8. The van der Waals surface area contributed by atoms with Gasteiger partial charge in [0.05, 0.1) is 18.8 Å². The molecule has 1 N–H and O–H groups in total. The maximum Gasteiger partial charge on any atom is 0.168 e. The Bertz CT molecular complexity index is 294. The van der Waals surface area contributed by atoms with E-state index in [2.05, 4.69) is 4.90 Å². The summed E-state index contributed by atoms with van der Waals surface area (Å²) < 4.78 is 12.1. The van der Waals surface area contributed by atoms with Gasteiger partial charge in [-0.1, -0.05) is 0 Å². The van der Waals surface area contributed by atoms with Crippen molar-refractivity contribution in [1.29, 1.82) is 0 Å². The van der Waals surface area contributed by atoms with Crippen molar-refractivity contribution in [3.05, 3.63) is 0 Å². The summed E-state index contributed by atoms with van der Waals surface area (Å²) in [5.74, 6) is 0.265. The summed E-state index contributed by atoms with van der Waals surface area (Å²) in [5.41, 5.74) is 0. The van der Waals surface area contributed by atoms with Crippen molar-refractivity contribution in [2.75, 3.05) is 26.2 Å². The summed E-state index contributed by atoms with van der Waals surface area (Å²) in [5, 5.41) is 9.62. The van der Waals surface area contributed by atoms with Gasteiger partial charge < -0.3 is 19.5 Å². The van der Waals surface area contributed by atoms with E-state index in [1.165, 1.54) is 12.8 Å². The second kappa shape index (κ2) is 5.68. The van der Waals surface area contributed by atoms with Gasteiger partial charge in [-0.05, 0) is 51.6 Å². The number of hydrogen-bond donors (Lipinski definition) is 1. The molecule has 0 aromatic heterocycles. The van der Waals surface area contributed by atoms with E-state index in [1.807, 2.05) is 6.92 Å². The standard InChI is InChI=1S/C15H27NO3/c1-12(17)13-4-8-16(9-5-13)10-14-11-18-15(19-14)6-2-3-7-15/h12-14,17H,2-11H2,1H3. The molecule has 4 nitrogen and oxygen atoms in total. The Hall–Kier alpha value is -0.160. The molecule has 3 aliphatic rings. The first-order valence-corrected chi connectivity index (χ1v) is 7.89. The lowest BCUT2D eigenvalue weighted by Crippen LogP contribution is -2.42. The van der Waals surface area contributed by atoms with Crippen LogP contribution in [0.4, 0.5) is 0 Å². The average molecular weight is 269 g/mol. The predicted molar refractivity (Wildman–Crippen MR) is 72.9 cm³/mol. The van der Waals surface area contributed by atoms with Gasteiger partial charge in [0.15, 0.2) is 5.79 Å². The zero-order chi connectivity index (χ0) is 13.3. The number of ether oxygens (including phenoxy) is 2. The molecule has 110 valence electrons. The number of rotatable bonds is 3. The molecule has 0 radical (unpaired) electrons. The van der Waals surface area contributed by atoms with Crippen LogP contribution in [0.2, 0.25) is 0 Å². The Morgan fingerprint density at radius 1 is 1.26 bits per heavy atom. The molecule has 1 spiro atoms. The van der Waals surface area contributed by atoms with Crippen LogP contribution in [0.1, 0.15) is 45.4 Å². The van der Waals surface area contributed by atoms with Gasteiger partial charge in [-0.2, -0.15) is 0 Å². The molecular formula is C15H27NO3. The smallest absolute Gasteiger partial charge is 0.168 e. The highest BCUT2D eigenvalue weighted by atomic mass is 16.7. The molecule has 19 heavy (non-hydrogen) atoms. The van der Waals surface area contributed by atoms with Crippen molar-refractivity contribution in [3.63, 3.8) is 0 Å². The normalized spacial score (nSPS) is 34.1. The third-order valence-corrected chi connectivity index (χ3v) is 5.06. The second-order valence-corrected chi connectivity index (χ2v) is 6.55. The van der Waals surface area contributed by atoms with Crippen molar-refractivity contribution in [2.45, 2.75) is 63.4 Å². The molecule has 2 heterocycles. The van der Waals surface area contributed by atoms with E-state index in [-0.39, 0.29) is 18.0 Å². The van der Waals surface area contributed by atoms with Crippen LogP contribution in [0.5, 0.6) is 0 Å². The molecule has 2 unspecified atom stereocenters. The minimum Gasteiger partial charge on any atom is -0.393 e. The van der Waals surface area contributed by atoms with Crippen LogP contribution in [0.15, 0.2) is 0 Å². The number of piperidine rings is 1. The summed E-state index contributed by atoms with van der Waals surface area (Å²) in [6.07, 6.45) is 6.95. The number of likely N-dealkylation sites (tertiary alicyclic amines) is 1. The van der Waals surface area contributed by atoms with Crippen LogP contribution in [-0.2, 0) is 9.47 Å². The van der Waals surface area contributed by atoms with Gasteiger partial charge in [0, 0.05) is 19.4 Å². The number of aliphatic hydroxyl groups is 1. The predicted octanol–water partition coefficient (Wildman–Crippen LogP) is 1.76. The van der Waals surface area contributed by atoms with E-state index in [0.29, 0.717) is 5.92 Å². The third kappa shape index (κ3) is 3.13. The van der Waals surface area contributed by atoms with Gasteiger partial charge in [0.25, 0.3) is 0 Å². The molecule has 0 bridgehead atoms. The van der Waals surface area contributed by atoms with Crippen molar-refractivity contribution in [1.82, 2.24) is 4.90 Å². The summed E-state index contributed by atoms with van der Waals surface area (Å²) in [6, 6.07) is 0. The Kier molecular flexibility index (Phi) is 4.13. The van der Waals surface area contributed by atoms with Gasteiger partial charge >= 0.3 is 0 Å². The van der Waals surface area contributed by atoms with Crippen molar-refractivity contribution >= 4 is 0 Å². The highest BCUT2D eigenvalue weighted by molar-refractivity contribution is 4.86. The second-order valence-electron chi connectivity index (χ2n) is 6.55. The molecule has 1 saturated carbocycles. The van der Waals surface area contributed by atoms with E-state index in [9.17, 15) is 5.11 Å². The summed E-state index contributed by atoms with van der Waals surface area (Å²) in [7, 11) is 0. The molecule has 0 aromatic rings. The maximum absolute atomic E-state index is 9.62. The molecule has 2 atom stereocenters. The fraction of sp³-hybridized carbons (Fsp3) is 1.00. The summed E-state index contributed by atoms with van der Waals surface area (Å²) in [6.45, 7) is 5.84. The van der Waals surface area contributed by atoms with Crippen molar-refractivity contribution < 1.29 is 14.6 Å². The van der Waals surface area contributed by atoms with Gasteiger partial charge in [-0.3, -0.25) is 0 Å². The SMILES string of the molecule is CC(O)C1CCN(CC2COC3(CCCC3)O2)CC1. The molecule has 0 amide bonds. The molecule has 3 fully saturated rings. The highest BCUT2D eigenvalue weighted by Crippen LogP contribution is 2.39. The number of aliphatic hydroxyl groups excluding tert-OH is 1. The lowest BCUT2D eigenvalue weighted by molar-refractivity contribution is -0.163. The van der Waals surface area contributed by atoms with Gasteiger partial charge in [0.1, 0.15) is 0 Å². The maximum atomic E-state index is 9.62. The fourth-order valence-corrected chi connectivity index (χ4v) is 3.79. The Balaban J connectivity index is 1.43. The first-order valence-electron chi connectivity index (χ1n) is 7.89. The van der Waals surface area contributed by atoms with Gasteiger partial charge in [-0.15, -0.1) is 0 Å². The van der Waals surface area contributed by atoms with Crippen molar-refractivity contribution in [2.24, 2.45) is 5.92 Å². The van der Waals surface area contributed by atoms with Crippen LogP contribution < -0.4 is 0 Å². The van der Waals surface area contributed by atoms with Gasteiger partial charge in [0.2, 0.25) is 0 Å². The Morgan fingerprint density at radius 3 is 2.58 bits per heavy atom. The van der Waals surface area contributed by atoms with Crippen LogP contribution in [0, 0.1) is 5.92 Å². The molecular weight excluding hydrogens is 242 g/mol. The minimum absolute atomic E-state index is 0.157. The molecule has 4 heteroatoms. The van der Waals surface area contributed by atoms with E-state index in [0.717, 1.165) is 51.9 Å². The molecule has 0 aromatic carbocycles. The van der Waals surface area contributed by atoms with Gasteiger partial charge in [-0.25, -0.2) is 0 Å². The molecule has 2 saturated heterocycles. The third-order valence-electron chi connectivity index (χ3n) is 5.06. The minimum atomic E-state index is -0.220. The average Bonchev–Trinajstić information content (AvgIpc) is 3.01. The van der Waals surface area contributed by atoms with E-state index >= 15 is 0 Å². The van der Waals surface area contributed by atoms with Crippen LogP contribution in [-0.4, -0.2) is 54.2 Å². The van der Waals surface area contributed by atoms with Crippen LogP contribution in [0.25, 0.3) is 0 Å². The monoisotopic (exact) mass is 269 g/mol. The highest BCUT2D eigenvalue weighted by Gasteiger charge is 2.44. The van der Waals surface area contributed by atoms with Crippen LogP contribution >= 0.6 is 0 Å². The summed E-state index contributed by atoms with van der Waals surface area (Å²) in [4.78, 5) is 2.47. The molecule has 3 rings (SSSR count). The zero-order valence-corrected chi connectivity index (χ0v) is 12.0. The number of hydrogen-bond acceptors (Lipinski definition) is 4. The topological polar surface area (TPSA) is 41.9 Å². The van der Waals surface area contributed by atoms with Crippen molar-refractivity contribution in [3.8, 4) is 0 Å². The van der Waals surface area contributed by atoms with E-state index < -0.39 is 0 Å². The molecule has 1 aliphatic carbocycles. The Morgan fingerprint density at radius 2 is 1.95 bits per heavy atom. The quantitative estimate of drug-likeness (QED) is 0.848. The lowest BCUT2D eigenvalue weighted by atomic mass is 9.92. The summed E-state index contributed by atoms with van der Waals surface area (Å²) >= 11 is 0.